The lowest BCUT2D eigenvalue weighted by Gasteiger charge is -2.12. The molecule has 1 atom stereocenters. The summed E-state index contributed by atoms with van der Waals surface area (Å²) in [7, 11) is 0. The molecule has 0 aromatic rings. The normalized spacial score (nSPS) is 12.8. The van der Waals surface area contributed by atoms with Crippen molar-refractivity contribution in [2.45, 2.75) is 13.0 Å². The lowest BCUT2D eigenvalue weighted by atomic mass is 10.2. The Kier molecular flexibility index (Phi) is 9.64. The standard InChI is InChI=1S/C14H17NO8S/c1-3-5-8(12(17)18)10(4-2)23-14(21)22-6-11(16)15-9(7-24)13(19)20/h3-5,9,24H,1,6-7H2,2H3,(H,15,16)(H,17,18)(H,19,20)/b8-5+,10-4+. The number of aliphatic carboxylic acids is 2. The van der Waals surface area contributed by atoms with Crippen LogP contribution in [0.3, 0.4) is 0 Å². The molecule has 0 fully saturated rings. The third-order valence-electron chi connectivity index (χ3n) is 2.37. The second-order valence-corrected chi connectivity index (χ2v) is 4.42. The van der Waals surface area contributed by atoms with E-state index in [1.54, 1.807) is 0 Å². The zero-order chi connectivity index (χ0) is 18.7. The van der Waals surface area contributed by atoms with Gasteiger partial charge in [-0.3, -0.25) is 4.79 Å². The zero-order valence-corrected chi connectivity index (χ0v) is 13.6. The predicted octanol–water partition coefficient (Wildman–Crippen LogP) is 0.740. The van der Waals surface area contributed by atoms with E-state index in [0.29, 0.717) is 0 Å². The molecule has 3 N–H and O–H groups in total. The first kappa shape index (κ1) is 21.2. The summed E-state index contributed by atoms with van der Waals surface area (Å²) in [6, 6.07) is -1.24. The summed E-state index contributed by atoms with van der Waals surface area (Å²) >= 11 is 3.75. The molecule has 0 spiro atoms. The minimum absolute atomic E-state index is 0.150. The van der Waals surface area contributed by atoms with Crippen LogP contribution in [-0.2, 0) is 23.9 Å². The number of hydrogen-bond acceptors (Lipinski definition) is 7. The summed E-state index contributed by atoms with van der Waals surface area (Å²) in [5.41, 5.74) is -0.338. The highest BCUT2D eigenvalue weighted by Gasteiger charge is 2.21. The van der Waals surface area contributed by atoms with Gasteiger partial charge in [-0.15, -0.1) is 0 Å². The van der Waals surface area contributed by atoms with E-state index < -0.39 is 36.6 Å². The molecule has 24 heavy (non-hydrogen) atoms. The number of amides is 1. The summed E-state index contributed by atoms with van der Waals surface area (Å²) in [4.78, 5) is 44.7. The molecule has 0 aliphatic rings. The van der Waals surface area contributed by atoms with E-state index in [2.05, 4.69) is 29.3 Å². The van der Waals surface area contributed by atoms with Crippen molar-refractivity contribution in [3.63, 3.8) is 0 Å². The van der Waals surface area contributed by atoms with Gasteiger partial charge in [0.2, 0.25) is 0 Å². The van der Waals surface area contributed by atoms with Gasteiger partial charge in [0.05, 0.1) is 0 Å². The van der Waals surface area contributed by atoms with Crippen LogP contribution in [0.25, 0.3) is 0 Å². The molecule has 0 aromatic carbocycles. The molecule has 0 saturated carbocycles. The minimum Gasteiger partial charge on any atom is -0.480 e. The SMILES string of the molecule is C=C/C=C(C(=O)O)\C(=C/C)OC(=O)OCC(=O)NC(CS)C(=O)O. The molecular formula is C14H17NO8S. The summed E-state index contributed by atoms with van der Waals surface area (Å²) in [6.45, 7) is 3.97. The van der Waals surface area contributed by atoms with Crippen molar-refractivity contribution in [2.24, 2.45) is 0 Å². The van der Waals surface area contributed by atoms with E-state index in [4.69, 9.17) is 14.9 Å². The monoisotopic (exact) mass is 359 g/mol. The van der Waals surface area contributed by atoms with Gasteiger partial charge in [0.15, 0.2) is 6.61 Å². The number of carboxylic acid groups (broad SMARTS) is 2. The second-order valence-electron chi connectivity index (χ2n) is 4.06. The largest absolute Gasteiger partial charge is 0.514 e. The van der Waals surface area contributed by atoms with Crippen LogP contribution in [0, 0.1) is 0 Å². The van der Waals surface area contributed by atoms with Crippen LogP contribution < -0.4 is 5.32 Å². The van der Waals surface area contributed by atoms with Crippen molar-refractivity contribution in [3.05, 3.63) is 36.1 Å². The Balaban J connectivity index is 4.65. The van der Waals surface area contributed by atoms with Crippen LogP contribution in [0.15, 0.2) is 36.1 Å². The average molecular weight is 359 g/mol. The number of carbonyl (C=O) groups excluding carboxylic acids is 2. The summed E-state index contributed by atoms with van der Waals surface area (Å²) < 4.78 is 9.19. The quantitative estimate of drug-likeness (QED) is 0.155. The van der Waals surface area contributed by atoms with Gasteiger partial charge in [0.1, 0.15) is 17.4 Å². The van der Waals surface area contributed by atoms with Crippen LogP contribution in [0.2, 0.25) is 0 Å². The Morgan fingerprint density at radius 1 is 1.29 bits per heavy atom. The Labute approximate surface area is 143 Å². The molecule has 0 aliphatic carbocycles. The molecule has 0 saturated heterocycles. The van der Waals surface area contributed by atoms with Gasteiger partial charge >= 0.3 is 18.1 Å². The smallest absolute Gasteiger partial charge is 0.480 e. The number of carbonyl (C=O) groups is 4. The van der Waals surface area contributed by atoms with Crippen LogP contribution in [0.1, 0.15) is 6.92 Å². The fourth-order valence-corrected chi connectivity index (χ4v) is 1.56. The lowest BCUT2D eigenvalue weighted by Crippen LogP contribution is -2.43. The van der Waals surface area contributed by atoms with Crippen LogP contribution in [-0.4, -0.2) is 52.6 Å². The predicted molar refractivity (Wildman–Crippen MR) is 85.5 cm³/mol. The van der Waals surface area contributed by atoms with Crippen molar-refractivity contribution < 1.29 is 38.9 Å². The molecule has 1 unspecified atom stereocenters. The summed E-state index contributed by atoms with van der Waals surface area (Å²) in [5.74, 6) is -3.98. The van der Waals surface area contributed by atoms with E-state index in [0.717, 1.165) is 6.08 Å². The first-order valence-corrected chi connectivity index (χ1v) is 7.10. The van der Waals surface area contributed by atoms with Crippen molar-refractivity contribution in [2.75, 3.05) is 12.4 Å². The summed E-state index contributed by atoms with van der Waals surface area (Å²) in [6.07, 6.45) is 2.19. The van der Waals surface area contributed by atoms with E-state index in [1.807, 2.05) is 0 Å². The maximum absolute atomic E-state index is 11.5. The fourth-order valence-electron chi connectivity index (χ4n) is 1.31. The highest BCUT2D eigenvalue weighted by molar-refractivity contribution is 7.80. The van der Waals surface area contributed by atoms with E-state index in [9.17, 15) is 19.2 Å². The Morgan fingerprint density at radius 3 is 2.33 bits per heavy atom. The molecule has 0 aromatic heterocycles. The molecule has 9 nitrogen and oxygen atoms in total. The lowest BCUT2D eigenvalue weighted by molar-refractivity contribution is -0.141. The molecule has 10 heteroatoms. The van der Waals surface area contributed by atoms with Crippen molar-refractivity contribution in [1.29, 1.82) is 0 Å². The van der Waals surface area contributed by atoms with Crippen LogP contribution in [0.5, 0.6) is 0 Å². The maximum Gasteiger partial charge on any atom is 0.514 e. The molecule has 0 bridgehead atoms. The van der Waals surface area contributed by atoms with Crippen molar-refractivity contribution >= 4 is 36.6 Å². The van der Waals surface area contributed by atoms with Gasteiger partial charge in [0, 0.05) is 5.75 Å². The second kappa shape index (κ2) is 10.9. The zero-order valence-electron chi connectivity index (χ0n) is 12.7. The first-order valence-electron chi connectivity index (χ1n) is 6.47. The molecule has 0 heterocycles. The van der Waals surface area contributed by atoms with Gasteiger partial charge < -0.3 is 25.0 Å². The van der Waals surface area contributed by atoms with E-state index >= 15 is 0 Å². The van der Waals surface area contributed by atoms with Crippen molar-refractivity contribution in [3.8, 4) is 0 Å². The first-order chi connectivity index (χ1) is 11.3. The number of rotatable bonds is 9. The fraction of sp³-hybridized carbons (Fsp3) is 0.286. The Morgan fingerprint density at radius 2 is 1.92 bits per heavy atom. The molecule has 0 rings (SSSR count). The van der Waals surface area contributed by atoms with E-state index in [-0.39, 0.29) is 17.1 Å². The maximum atomic E-state index is 11.5. The number of carboxylic acids is 2. The third kappa shape index (κ3) is 7.49. The van der Waals surface area contributed by atoms with E-state index in [1.165, 1.54) is 19.1 Å². The van der Waals surface area contributed by atoms with Gasteiger partial charge in [0.25, 0.3) is 5.91 Å². The molecule has 132 valence electrons. The highest BCUT2D eigenvalue weighted by Crippen LogP contribution is 2.13. The molecular weight excluding hydrogens is 342 g/mol. The third-order valence-corrected chi connectivity index (χ3v) is 2.74. The molecule has 1 amide bonds. The van der Waals surface area contributed by atoms with Gasteiger partial charge in [-0.1, -0.05) is 12.7 Å². The molecule has 0 aliphatic heterocycles. The van der Waals surface area contributed by atoms with Gasteiger partial charge in [-0.05, 0) is 19.1 Å². The number of ether oxygens (including phenoxy) is 2. The van der Waals surface area contributed by atoms with Gasteiger partial charge in [-0.25, -0.2) is 14.4 Å². The number of allylic oxidation sites excluding steroid dienone is 3. The van der Waals surface area contributed by atoms with Crippen LogP contribution in [0.4, 0.5) is 4.79 Å². The van der Waals surface area contributed by atoms with Gasteiger partial charge in [-0.2, -0.15) is 12.6 Å². The number of hydrogen-bond donors (Lipinski definition) is 4. The number of nitrogens with one attached hydrogen (secondary N) is 1. The highest BCUT2D eigenvalue weighted by atomic mass is 32.1. The average Bonchev–Trinajstić information content (AvgIpc) is 2.53. The van der Waals surface area contributed by atoms with Crippen LogP contribution >= 0.6 is 12.6 Å². The number of thiol groups is 1. The Hall–Kier alpha value is -2.75. The topological polar surface area (TPSA) is 139 Å². The van der Waals surface area contributed by atoms with Crippen molar-refractivity contribution in [1.82, 2.24) is 5.32 Å². The Bertz CT molecular complexity index is 581. The summed E-state index contributed by atoms with van der Waals surface area (Å²) in [5, 5.41) is 19.8. The molecule has 0 radical (unpaired) electrons. The minimum atomic E-state index is -1.35.